The highest BCUT2D eigenvalue weighted by atomic mass is 32.2. The summed E-state index contributed by atoms with van der Waals surface area (Å²) in [4.78, 5) is 19.6. The van der Waals surface area contributed by atoms with E-state index < -0.39 is 9.84 Å². The van der Waals surface area contributed by atoms with E-state index in [0.29, 0.717) is 10.9 Å². The van der Waals surface area contributed by atoms with Crippen LogP contribution in [-0.2, 0) is 21.1 Å². The van der Waals surface area contributed by atoms with Gasteiger partial charge in [-0.25, -0.2) is 8.42 Å². The number of aliphatic imine (C=N–C) groups is 1. The van der Waals surface area contributed by atoms with Crippen molar-refractivity contribution in [3.8, 4) is 5.75 Å². The number of rotatable bonds is 4. The molecule has 3 heterocycles. The molecule has 2 fully saturated rings. The smallest absolute Gasteiger partial charge is 0.253 e. The fraction of sp³-hybridized carbons (Fsp3) is 0.333. The number of methoxy groups -OCH3 is 1. The molecule has 2 atom stereocenters. The summed E-state index contributed by atoms with van der Waals surface area (Å²) in [6.45, 7) is 0. The lowest BCUT2D eigenvalue weighted by Crippen LogP contribution is -2.37. The Labute approximate surface area is 166 Å². The number of nitrogens with zero attached hydrogens (tertiary/aromatic N) is 2. The Morgan fingerprint density at radius 1 is 1.26 bits per heavy atom. The predicted octanol–water partition coefficient (Wildman–Crippen LogP) is 2.60. The van der Waals surface area contributed by atoms with Crippen LogP contribution in [-0.4, -0.2) is 49.4 Å². The van der Waals surface area contributed by atoms with Crippen LogP contribution in [0.1, 0.15) is 4.88 Å². The van der Waals surface area contributed by atoms with Crippen molar-refractivity contribution in [2.45, 2.75) is 17.7 Å². The molecule has 0 spiro atoms. The second-order valence-electron chi connectivity index (χ2n) is 6.41. The SMILES string of the molecule is COc1ccc(N2C(=NC(=O)Cc3cccs3)S[C@@H]3CS(=O)(=O)C[C@@H]32)cc1. The van der Waals surface area contributed by atoms with Gasteiger partial charge in [0.1, 0.15) is 5.75 Å². The number of benzene rings is 1. The van der Waals surface area contributed by atoms with Crippen LogP contribution in [0.25, 0.3) is 0 Å². The third kappa shape index (κ3) is 3.90. The first kappa shape index (κ1) is 18.5. The van der Waals surface area contributed by atoms with Gasteiger partial charge in [-0.1, -0.05) is 17.8 Å². The molecule has 2 aromatic rings. The average molecular weight is 423 g/mol. The Hall–Kier alpha value is -1.84. The number of carbonyl (C=O) groups excluding carboxylic acids is 1. The number of hydrogen-bond acceptors (Lipinski definition) is 6. The highest BCUT2D eigenvalue weighted by molar-refractivity contribution is 8.16. The Kier molecular flexibility index (Phi) is 5.00. The number of anilines is 1. The second kappa shape index (κ2) is 7.29. The minimum absolute atomic E-state index is 0.0782. The van der Waals surface area contributed by atoms with Crippen molar-refractivity contribution < 1.29 is 17.9 Å². The molecule has 1 aromatic heterocycles. The summed E-state index contributed by atoms with van der Waals surface area (Å²) in [5.41, 5.74) is 0.815. The number of thiophene rings is 1. The van der Waals surface area contributed by atoms with E-state index in [-0.39, 0.29) is 35.1 Å². The third-order valence-corrected chi connectivity index (χ3v) is 8.63. The topological polar surface area (TPSA) is 76.0 Å². The van der Waals surface area contributed by atoms with Gasteiger partial charge in [0.05, 0.1) is 31.1 Å². The molecule has 4 rings (SSSR count). The second-order valence-corrected chi connectivity index (χ2v) is 10.8. The van der Waals surface area contributed by atoms with Gasteiger partial charge in [0.25, 0.3) is 5.91 Å². The van der Waals surface area contributed by atoms with Gasteiger partial charge in [-0.3, -0.25) is 4.79 Å². The monoisotopic (exact) mass is 422 g/mol. The van der Waals surface area contributed by atoms with Gasteiger partial charge in [-0.2, -0.15) is 4.99 Å². The van der Waals surface area contributed by atoms with Crippen LogP contribution in [0.2, 0.25) is 0 Å². The van der Waals surface area contributed by atoms with Crippen LogP contribution >= 0.6 is 23.1 Å². The van der Waals surface area contributed by atoms with E-state index in [4.69, 9.17) is 4.74 Å². The van der Waals surface area contributed by atoms with E-state index in [1.54, 1.807) is 7.11 Å². The molecule has 0 aliphatic carbocycles. The lowest BCUT2D eigenvalue weighted by molar-refractivity contribution is -0.117. The highest BCUT2D eigenvalue weighted by Crippen LogP contribution is 2.41. The van der Waals surface area contributed by atoms with E-state index >= 15 is 0 Å². The Morgan fingerprint density at radius 3 is 2.70 bits per heavy atom. The summed E-state index contributed by atoms with van der Waals surface area (Å²) in [5, 5.41) is 2.40. The van der Waals surface area contributed by atoms with Crippen molar-refractivity contribution in [2.24, 2.45) is 4.99 Å². The molecule has 0 radical (unpaired) electrons. The van der Waals surface area contributed by atoms with Gasteiger partial charge < -0.3 is 9.64 Å². The van der Waals surface area contributed by atoms with E-state index in [1.165, 1.54) is 23.1 Å². The van der Waals surface area contributed by atoms with Crippen LogP contribution in [0.5, 0.6) is 5.75 Å². The Bertz CT molecular complexity index is 969. The van der Waals surface area contributed by atoms with Crippen LogP contribution in [0.3, 0.4) is 0 Å². The summed E-state index contributed by atoms with van der Waals surface area (Å²) >= 11 is 2.91. The van der Waals surface area contributed by atoms with Gasteiger partial charge in [0.2, 0.25) is 0 Å². The summed E-state index contributed by atoms with van der Waals surface area (Å²) in [7, 11) is -1.48. The zero-order valence-corrected chi connectivity index (χ0v) is 17.0. The maximum atomic E-state index is 12.4. The number of amides is 1. The molecular weight excluding hydrogens is 404 g/mol. The number of sulfone groups is 1. The van der Waals surface area contributed by atoms with E-state index in [1.807, 2.05) is 46.7 Å². The summed E-state index contributed by atoms with van der Waals surface area (Å²) in [6.07, 6.45) is 0.256. The fourth-order valence-electron chi connectivity index (χ4n) is 3.32. The third-order valence-electron chi connectivity index (χ3n) is 4.54. The zero-order valence-electron chi connectivity index (χ0n) is 14.6. The van der Waals surface area contributed by atoms with Gasteiger partial charge in [0, 0.05) is 15.8 Å². The Balaban J connectivity index is 1.65. The number of carbonyl (C=O) groups is 1. The molecule has 27 heavy (non-hydrogen) atoms. The molecule has 2 saturated heterocycles. The highest BCUT2D eigenvalue weighted by Gasteiger charge is 2.49. The normalized spacial score (nSPS) is 24.9. The number of amidine groups is 1. The van der Waals surface area contributed by atoms with Crippen molar-refractivity contribution in [1.82, 2.24) is 0 Å². The molecule has 1 amide bonds. The first-order chi connectivity index (χ1) is 12.9. The van der Waals surface area contributed by atoms with E-state index in [2.05, 4.69) is 4.99 Å². The van der Waals surface area contributed by atoms with E-state index in [0.717, 1.165) is 10.6 Å². The fourth-order valence-corrected chi connectivity index (χ4v) is 7.94. The predicted molar refractivity (Wildman–Crippen MR) is 110 cm³/mol. The summed E-state index contributed by atoms with van der Waals surface area (Å²) < 4.78 is 29.4. The minimum atomic E-state index is -3.08. The van der Waals surface area contributed by atoms with Crippen molar-refractivity contribution in [3.63, 3.8) is 0 Å². The molecular formula is C18H18N2O4S3. The van der Waals surface area contributed by atoms with Crippen LogP contribution < -0.4 is 9.64 Å². The standard InChI is InChI=1S/C18H18N2O4S3/c1-24-13-6-4-12(5-7-13)20-15-10-27(22,23)11-16(15)26-18(20)19-17(21)9-14-3-2-8-25-14/h2-8,15-16H,9-11H2,1H3/t15-,16+/m0/s1. The summed E-state index contributed by atoms with van der Waals surface area (Å²) in [5.74, 6) is 0.692. The molecule has 0 unspecified atom stereocenters. The quantitative estimate of drug-likeness (QED) is 0.754. The van der Waals surface area contributed by atoms with E-state index in [9.17, 15) is 13.2 Å². The average Bonchev–Trinajstić information content (AvgIpc) is 3.30. The minimum Gasteiger partial charge on any atom is -0.497 e. The van der Waals surface area contributed by atoms with Crippen LogP contribution in [0.4, 0.5) is 5.69 Å². The molecule has 6 nitrogen and oxygen atoms in total. The number of fused-ring (bicyclic) bond motifs is 1. The summed E-state index contributed by atoms with van der Waals surface area (Å²) in [6, 6.07) is 11.0. The lowest BCUT2D eigenvalue weighted by atomic mass is 10.2. The lowest BCUT2D eigenvalue weighted by Gasteiger charge is -2.24. The molecule has 1 aromatic carbocycles. The van der Waals surface area contributed by atoms with Crippen molar-refractivity contribution in [1.29, 1.82) is 0 Å². The number of thioether (sulfide) groups is 1. The van der Waals surface area contributed by atoms with Gasteiger partial charge >= 0.3 is 0 Å². The molecule has 9 heteroatoms. The van der Waals surface area contributed by atoms with Gasteiger partial charge in [0.15, 0.2) is 15.0 Å². The van der Waals surface area contributed by atoms with Gasteiger partial charge in [-0.05, 0) is 35.7 Å². The molecule has 142 valence electrons. The number of ether oxygens (including phenoxy) is 1. The first-order valence-corrected chi connectivity index (χ1v) is 12.0. The largest absolute Gasteiger partial charge is 0.497 e. The molecule has 2 aliphatic heterocycles. The van der Waals surface area contributed by atoms with Crippen LogP contribution in [0, 0.1) is 0 Å². The van der Waals surface area contributed by atoms with Crippen molar-refractivity contribution in [2.75, 3.05) is 23.5 Å². The van der Waals surface area contributed by atoms with Crippen molar-refractivity contribution in [3.05, 3.63) is 46.7 Å². The van der Waals surface area contributed by atoms with Gasteiger partial charge in [-0.15, -0.1) is 11.3 Å². The molecule has 0 N–H and O–H groups in total. The first-order valence-electron chi connectivity index (χ1n) is 8.39. The number of hydrogen-bond donors (Lipinski definition) is 0. The zero-order chi connectivity index (χ0) is 19.0. The maximum absolute atomic E-state index is 12.4. The Morgan fingerprint density at radius 2 is 2.04 bits per heavy atom. The molecule has 2 aliphatic rings. The maximum Gasteiger partial charge on any atom is 0.253 e. The van der Waals surface area contributed by atoms with Crippen molar-refractivity contribution >= 4 is 49.7 Å². The molecule has 0 bridgehead atoms. The molecule has 0 saturated carbocycles. The van der Waals surface area contributed by atoms with Crippen LogP contribution in [0.15, 0.2) is 46.8 Å².